The van der Waals surface area contributed by atoms with Crippen molar-refractivity contribution in [1.29, 1.82) is 0 Å². The second-order valence-corrected chi connectivity index (χ2v) is 12.6. The lowest BCUT2D eigenvalue weighted by Crippen LogP contribution is -2.49. The van der Waals surface area contributed by atoms with Crippen molar-refractivity contribution in [3.8, 4) is 22.6 Å². The quantitative estimate of drug-likeness (QED) is 0.194. The van der Waals surface area contributed by atoms with E-state index in [4.69, 9.17) is 4.74 Å². The lowest BCUT2D eigenvalue weighted by Gasteiger charge is -2.34. The molecule has 52 heavy (non-hydrogen) atoms. The first-order valence-electron chi connectivity index (χ1n) is 15.9. The maximum Gasteiger partial charge on any atom is 0.416 e. The lowest BCUT2D eigenvalue weighted by atomic mass is 9.91. The van der Waals surface area contributed by atoms with E-state index in [1.165, 1.54) is 11.0 Å². The molecule has 0 aliphatic carbocycles. The number of rotatable bonds is 7. The maximum atomic E-state index is 15.9. The fraction of sp³-hybridized carbons (Fsp3) is 0.306. The Kier molecular flexibility index (Phi) is 9.87. The first kappa shape index (κ1) is 36.5. The average molecular weight is 736 g/mol. The molecule has 2 atom stereocenters. The number of aromatic nitrogens is 1. The van der Waals surface area contributed by atoms with Gasteiger partial charge in [0.25, 0.3) is 12.0 Å². The summed E-state index contributed by atoms with van der Waals surface area (Å²) in [4.78, 5) is 41.3. The van der Waals surface area contributed by atoms with Crippen LogP contribution in [0.1, 0.15) is 58.3 Å². The van der Waals surface area contributed by atoms with Gasteiger partial charge in [-0.2, -0.15) is 13.2 Å². The number of amides is 1. The smallest absolute Gasteiger partial charge is 0.416 e. The van der Waals surface area contributed by atoms with Crippen LogP contribution in [0.2, 0.25) is 0 Å². The molecule has 6 rings (SSSR count). The molecule has 2 aliphatic rings. The van der Waals surface area contributed by atoms with Crippen LogP contribution in [0.4, 0.5) is 35.1 Å². The fourth-order valence-electron chi connectivity index (χ4n) is 6.55. The molecule has 0 spiro atoms. The SMILES string of the molecule is Cc1cccc2c1-c1cc(C(F)F)c(F)c(c1)[C@H](CC(=O)O)NC(=O)[C@H](n1cc(CCN3CC(F)C3)c(C(F)(F)F)cc1=O)c1cc(ccc1F)O2. The second kappa shape index (κ2) is 14.1. The van der Waals surface area contributed by atoms with E-state index < -0.39 is 94.2 Å². The Balaban J connectivity index is 1.60. The largest absolute Gasteiger partial charge is 0.481 e. The van der Waals surface area contributed by atoms with Crippen LogP contribution in [0, 0.1) is 18.6 Å². The zero-order chi connectivity index (χ0) is 37.6. The van der Waals surface area contributed by atoms with Gasteiger partial charge in [0, 0.05) is 48.6 Å². The molecule has 0 unspecified atom stereocenters. The Morgan fingerprint density at radius 3 is 2.42 bits per heavy atom. The van der Waals surface area contributed by atoms with Gasteiger partial charge >= 0.3 is 12.1 Å². The van der Waals surface area contributed by atoms with E-state index in [-0.39, 0.29) is 54.7 Å². The van der Waals surface area contributed by atoms with Gasteiger partial charge in [-0.25, -0.2) is 22.0 Å². The van der Waals surface area contributed by atoms with E-state index in [0.717, 1.165) is 30.3 Å². The number of halogens is 8. The molecule has 2 aliphatic heterocycles. The van der Waals surface area contributed by atoms with Crippen LogP contribution in [0.15, 0.2) is 65.6 Å². The molecule has 2 N–H and O–H groups in total. The molecule has 16 heteroatoms. The topological polar surface area (TPSA) is 101 Å². The van der Waals surface area contributed by atoms with Gasteiger partial charge in [0.2, 0.25) is 5.91 Å². The maximum absolute atomic E-state index is 15.9. The molecule has 4 aromatic rings. The minimum Gasteiger partial charge on any atom is -0.481 e. The molecular weight excluding hydrogens is 706 g/mol. The number of aliphatic carboxylic acids is 1. The highest BCUT2D eigenvalue weighted by atomic mass is 19.4. The Hall–Kier alpha value is -5.25. The molecule has 3 aromatic carbocycles. The first-order valence-corrected chi connectivity index (χ1v) is 15.9. The summed E-state index contributed by atoms with van der Waals surface area (Å²) in [5, 5.41) is 12.0. The zero-order valence-corrected chi connectivity index (χ0v) is 27.1. The Morgan fingerprint density at radius 2 is 1.77 bits per heavy atom. The number of carboxylic acids is 1. The minimum absolute atomic E-state index is 0.00990. The molecule has 1 fully saturated rings. The van der Waals surface area contributed by atoms with Gasteiger partial charge < -0.3 is 15.2 Å². The number of aryl methyl sites for hydroxylation is 1. The molecule has 3 heterocycles. The average Bonchev–Trinajstić information content (AvgIpc) is 3.04. The van der Waals surface area contributed by atoms with Crippen LogP contribution >= 0.6 is 0 Å². The van der Waals surface area contributed by atoms with E-state index in [0.29, 0.717) is 16.3 Å². The normalized spacial score (nSPS) is 18.0. The molecule has 4 bridgehead atoms. The van der Waals surface area contributed by atoms with Crippen LogP contribution in [0.25, 0.3) is 11.1 Å². The number of likely N-dealkylation sites (tertiary alicyclic amines) is 1. The summed E-state index contributed by atoms with van der Waals surface area (Å²) in [6.45, 7) is 1.49. The number of carbonyl (C=O) groups excluding carboxylic acids is 1. The van der Waals surface area contributed by atoms with Gasteiger partial charge in [-0.15, -0.1) is 0 Å². The van der Waals surface area contributed by atoms with Crippen molar-refractivity contribution in [1.82, 2.24) is 14.8 Å². The van der Waals surface area contributed by atoms with E-state index in [9.17, 15) is 45.8 Å². The van der Waals surface area contributed by atoms with E-state index >= 15 is 8.78 Å². The summed E-state index contributed by atoms with van der Waals surface area (Å²) in [6.07, 6.45) is -10.3. The van der Waals surface area contributed by atoms with E-state index in [1.807, 2.05) is 0 Å². The van der Waals surface area contributed by atoms with E-state index in [1.54, 1.807) is 19.1 Å². The monoisotopic (exact) mass is 735 g/mol. The summed E-state index contributed by atoms with van der Waals surface area (Å²) in [7, 11) is 0. The molecule has 0 saturated carbocycles. The predicted octanol–water partition coefficient (Wildman–Crippen LogP) is 7.28. The Bertz CT molecular complexity index is 2110. The minimum atomic E-state index is -5.04. The number of nitrogens with zero attached hydrogens (tertiary/aromatic N) is 2. The van der Waals surface area contributed by atoms with Crippen LogP contribution in [0.5, 0.6) is 11.5 Å². The molecule has 274 valence electrons. The molecule has 8 nitrogen and oxygen atoms in total. The van der Waals surface area contributed by atoms with Crippen molar-refractivity contribution < 1.29 is 54.6 Å². The standard InChI is InChI=1S/C36H29F8N3O5/c1-17-3-2-4-28-31(17)19-9-23(32(39)24(10-19)34(40)41)27(13-30(49)50)45-35(51)33(22-11-21(52-28)5-6-26(22)38)47-14-18(7-8-46-15-20(37)16-46)25(12-29(47)48)36(42,43)44/h2-6,9-12,14,20,27,33-34H,7-8,13,15-16H2,1H3,(H,45,51)(H,49,50)/t27-,33+/m0/s1. The van der Waals surface area contributed by atoms with E-state index in [2.05, 4.69) is 5.32 Å². The third kappa shape index (κ3) is 7.24. The van der Waals surface area contributed by atoms with Gasteiger partial charge in [0.1, 0.15) is 35.3 Å². The van der Waals surface area contributed by atoms with Gasteiger partial charge in [-0.1, -0.05) is 12.1 Å². The summed E-state index contributed by atoms with van der Waals surface area (Å²) in [5.41, 5.74) is -5.08. The summed E-state index contributed by atoms with van der Waals surface area (Å²) in [5.74, 6) is -5.80. The molecule has 0 radical (unpaired) electrons. The van der Waals surface area contributed by atoms with Crippen LogP contribution in [-0.2, 0) is 22.2 Å². The Morgan fingerprint density at radius 1 is 1.04 bits per heavy atom. The van der Waals surface area contributed by atoms with Gasteiger partial charge in [0.15, 0.2) is 0 Å². The lowest BCUT2D eigenvalue weighted by molar-refractivity contribution is -0.139. The number of ether oxygens (including phenoxy) is 1. The third-order valence-corrected chi connectivity index (χ3v) is 9.05. The zero-order valence-electron chi connectivity index (χ0n) is 27.1. The number of benzene rings is 3. The second-order valence-electron chi connectivity index (χ2n) is 12.6. The summed E-state index contributed by atoms with van der Waals surface area (Å²) in [6, 6.07) is 5.69. The summed E-state index contributed by atoms with van der Waals surface area (Å²) < 4.78 is 123. The predicted molar refractivity (Wildman–Crippen MR) is 170 cm³/mol. The van der Waals surface area contributed by atoms with Crippen molar-refractivity contribution in [3.63, 3.8) is 0 Å². The van der Waals surface area contributed by atoms with Crippen LogP contribution < -0.4 is 15.6 Å². The number of nitrogens with one attached hydrogen (secondary N) is 1. The van der Waals surface area contributed by atoms with Crippen molar-refractivity contribution in [2.75, 3.05) is 19.6 Å². The van der Waals surface area contributed by atoms with Crippen molar-refractivity contribution >= 4 is 11.9 Å². The van der Waals surface area contributed by atoms with Crippen molar-refractivity contribution in [2.24, 2.45) is 0 Å². The molecular formula is C36H29F8N3O5. The number of carbonyl (C=O) groups is 2. The number of carboxylic acid groups (broad SMARTS) is 1. The van der Waals surface area contributed by atoms with Gasteiger partial charge in [0.05, 0.1) is 23.6 Å². The number of hydrogen-bond acceptors (Lipinski definition) is 5. The molecule has 1 saturated heterocycles. The number of alkyl halides is 6. The van der Waals surface area contributed by atoms with Crippen molar-refractivity contribution in [2.45, 2.75) is 50.6 Å². The van der Waals surface area contributed by atoms with Crippen LogP contribution in [-0.4, -0.2) is 52.3 Å². The number of pyridine rings is 1. The Labute approximate surface area is 290 Å². The highest BCUT2D eigenvalue weighted by Gasteiger charge is 2.38. The van der Waals surface area contributed by atoms with Crippen LogP contribution in [0.3, 0.4) is 0 Å². The van der Waals surface area contributed by atoms with Gasteiger partial charge in [-0.05, 0) is 66.4 Å². The summed E-state index contributed by atoms with van der Waals surface area (Å²) >= 11 is 0. The molecule has 1 aromatic heterocycles. The highest BCUT2D eigenvalue weighted by Crippen LogP contribution is 2.42. The first-order chi connectivity index (χ1) is 24.5. The molecule has 1 amide bonds. The third-order valence-electron chi connectivity index (χ3n) is 9.05. The van der Waals surface area contributed by atoms with Gasteiger partial charge in [-0.3, -0.25) is 23.9 Å². The highest BCUT2D eigenvalue weighted by molar-refractivity contribution is 5.85. The number of fused-ring (bicyclic) bond motifs is 6. The fourth-order valence-corrected chi connectivity index (χ4v) is 6.55. The number of hydrogen-bond donors (Lipinski definition) is 2. The van der Waals surface area contributed by atoms with Crippen molar-refractivity contribution in [3.05, 3.63) is 116 Å².